The Morgan fingerprint density at radius 1 is 1.50 bits per heavy atom. The van der Waals surface area contributed by atoms with Crippen LogP contribution in [-0.2, 0) is 4.79 Å². The van der Waals surface area contributed by atoms with Crippen molar-refractivity contribution >= 4 is 5.97 Å². The summed E-state index contributed by atoms with van der Waals surface area (Å²) in [6.45, 7) is 8.09. The molecule has 0 bridgehead atoms. The van der Waals surface area contributed by atoms with Gasteiger partial charge in [-0.1, -0.05) is 0 Å². The van der Waals surface area contributed by atoms with Gasteiger partial charge >= 0.3 is 5.97 Å². The highest BCUT2D eigenvalue weighted by atomic mass is 16.4. The minimum Gasteiger partial charge on any atom is -0.480 e. The number of carboxylic acid groups (broad SMARTS) is 1. The number of carbonyl (C=O) groups is 1. The van der Waals surface area contributed by atoms with Crippen molar-refractivity contribution in [2.45, 2.75) is 45.2 Å². The van der Waals surface area contributed by atoms with Gasteiger partial charge in [0.05, 0.1) is 0 Å². The normalized spacial score (nSPS) is 25.8. The third kappa shape index (κ3) is 2.96. The average molecular weight is 200 g/mol. The van der Waals surface area contributed by atoms with Gasteiger partial charge in [-0.3, -0.25) is 15.0 Å². The predicted molar refractivity (Wildman–Crippen MR) is 55.1 cm³/mol. The number of nitrogens with zero attached hydrogens (tertiary/aromatic N) is 1. The van der Waals surface area contributed by atoms with Crippen molar-refractivity contribution in [3.8, 4) is 0 Å². The Morgan fingerprint density at radius 3 is 2.64 bits per heavy atom. The summed E-state index contributed by atoms with van der Waals surface area (Å²) in [5.74, 6) is -0.735. The predicted octanol–water partition coefficient (Wildman–Crippen LogP) is 0.881. The van der Waals surface area contributed by atoms with Crippen molar-refractivity contribution in [1.29, 1.82) is 0 Å². The zero-order valence-electron chi connectivity index (χ0n) is 9.21. The van der Waals surface area contributed by atoms with Gasteiger partial charge < -0.3 is 5.11 Å². The first-order valence-electron chi connectivity index (χ1n) is 5.12. The van der Waals surface area contributed by atoms with E-state index >= 15 is 0 Å². The zero-order valence-corrected chi connectivity index (χ0v) is 9.21. The van der Waals surface area contributed by atoms with E-state index in [1.807, 2.05) is 0 Å². The summed E-state index contributed by atoms with van der Waals surface area (Å²) in [6.07, 6.45) is 1.67. The van der Waals surface area contributed by atoms with E-state index < -0.39 is 5.97 Å². The van der Waals surface area contributed by atoms with Gasteiger partial charge in [0.25, 0.3) is 0 Å². The molecule has 4 heteroatoms. The van der Waals surface area contributed by atoms with Crippen LogP contribution >= 0.6 is 0 Å². The van der Waals surface area contributed by atoms with Crippen molar-refractivity contribution in [2.75, 3.05) is 13.2 Å². The first-order valence-corrected chi connectivity index (χ1v) is 5.12. The summed E-state index contributed by atoms with van der Waals surface area (Å²) in [4.78, 5) is 13.1. The minimum absolute atomic E-state index is 0.112. The van der Waals surface area contributed by atoms with Crippen molar-refractivity contribution in [2.24, 2.45) is 0 Å². The molecule has 0 spiro atoms. The lowest BCUT2D eigenvalue weighted by atomic mass is 10.1. The molecule has 1 unspecified atom stereocenters. The first-order chi connectivity index (χ1) is 6.41. The molecule has 0 aliphatic carbocycles. The molecule has 4 nitrogen and oxygen atoms in total. The number of aliphatic carboxylic acids is 1. The van der Waals surface area contributed by atoms with Gasteiger partial charge in [-0.15, -0.1) is 0 Å². The molecule has 0 aromatic rings. The molecule has 1 saturated heterocycles. The monoisotopic (exact) mass is 200 g/mol. The van der Waals surface area contributed by atoms with Crippen molar-refractivity contribution in [3.63, 3.8) is 0 Å². The smallest absolute Gasteiger partial charge is 0.320 e. The zero-order chi connectivity index (χ0) is 10.8. The molecule has 1 aliphatic heterocycles. The highest BCUT2D eigenvalue weighted by Crippen LogP contribution is 2.16. The van der Waals surface area contributed by atoms with Gasteiger partial charge in [-0.2, -0.15) is 0 Å². The van der Waals surface area contributed by atoms with Crippen molar-refractivity contribution in [3.05, 3.63) is 0 Å². The maximum atomic E-state index is 10.8. The second-order valence-electron chi connectivity index (χ2n) is 4.83. The third-order valence-corrected chi connectivity index (χ3v) is 2.70. The van der Waals surface area contributed by atoms with Gasteiger partial charge in [-0.05, 0) is 40.2 Å². The molecule has 1 atom stereocenters. The lowest BCUT2D eigenvalue weighted by Crippen LogP contribution is -2.48. The fourth-order valence-electron chi connectivity index (χ4n) is 1.67. The summed E-state index contributed by atoms with van der Waals surface area (Å²) in [7, 11) is 0. The van der Waals surface area contributed by atoms with Gasteiger partial charge in [0.2, 0.25) is 0 Å². The molecular weight excluding hydrogens is 180 g/mol. The minimum atomic E-state index is -0.735. The SMILES string of the molecule is CC(C)(C)N1CCCC(C(=O)O)NC1. The van der Waals surface area contributed by atoms with Gasteiger partial charge in [0.1, 0.15) is 6.04 Å². The third-order valence-electron chi connectivity index (χ3n) is 2.70. The fourth-order valence-corrected chi connectivity index (χ4v) is 1.67. The Balaban J connectivity index is 2.53. The van der Waals surface area contributed by atoms with Crippen LogP contribution in [0.25, 0.3) is 0 Å². The maximum Gasteiger partial charge on any atom is 0.320 e. The van der Waals surface area contributed by atoms with Crippen LogP contribution in [0.3, 0.4) is 0 Å². The van der Waals surface area contributed by atoms with Crippen LogP contribution in [0.1, 0.15) is 33.6 Å². The second kappa shape index (κ2) is 4.28. The fraction of sp³-hybridized carbons (Fsp3) is 0.900. The van der Waals surface area contributed by atoms with Crippen LogP contribution in [0.5, 0.6) is 0 Å². The Labute approximate surface area is 85.3 Å². The van der Waals surface area contributed by atoms with E-state index in [0.29, 0.717) is 6.67 Å². The van der Waals surface area contributed by atoms with Crippen LogP contribution in [0.2, 0.25) is 0 Å². The quantitative estimate of drug-likeness (QED) is 0.660. The molecular formula is C10H20N2O2. The molecule has 0 aromatic carbocycles. The van der Waals surface area contributed by atoms with E-state index in [0.717, 1.165) is 19.4 Å². The Kier molecular flexibility index (Phi) is 3.50. The molecule has 1 heterocycles. The van der Waals surface area contributed by atoms with Crippen LogP contribution in [0, 0.1) is 0 Å². The van der Waals surface area contributed by atoms with Crippen molar-refractivity contribution < 1.29 is 9.90 Å². The summed E-state index contributed by atoms with van der Waals surface area (Å²) in [5.41, 5.74) is 0.112. The molecule has 0 aromatic heterocycles. The molecule has 0 saturated carbocycles. The van der Waals surface area contributed by atoms with Gasteiger partial charge in [-0.25, -0.2) is 0 Å². The highest BCUT2D eigenvalue weighted by molar-refractivity contribution is 5.73. The van der Waals surface area contributed by atoms with E-state index in [1.165, 1.54) is 0 Å². The van der Waals surface area contributed by atoms with Gasteiger partial charge in [0, 0.05) is 12.2 Å². The van der Waals surface area contributed by atoms with Crippen LogP contribution in [0.4, 0.5) is 0 Å². The standard InChI is InChI=1S/C10H20N2O2/c1-10(2,3)12-6-4-5-8(9(13)14)11-7-12/h8,11H,4-7H2,1-3H3,(H,13,14). The molecule has 0 radical (unpaired) electrons. The molecule has 2 N–H and O–H groups in total. The average Bonchev–Trinajstić information content (AvgIpc) is 2.26. The largest absolute Gasteiger partial charge is 0.480 e. The number of nitrogens with one attached hydrogen (secondary N) is 1. The van der Waals surface area contributed by atoms with Crippen LogP contribution in [-0.4, -0.2) is 40.8 Å². The lowest BCUT2D eigenvalue weighted by molar-refractivity contribution is -0.139. The summed E-state index contributed by atoms with van der Waals surface area (Å²) >= 11 is 0. The van der Waals surface area contributed by atoms with E-state index in [9.17, 15) is 4.79 Å². The Bertz CT molecular complexity index is 211. The summed E-state index contributed by atoms with van der Waals surface area (Å²) in [6, 6.07) is -0.373. The Morgan fingerprint density at radius 2 is 2.14 bits per heavy atom. The molecule has 1 aliphatic rings. The number of carboxylic acids is 1. The number of hydrogen-bond acceptors (Lipinski definition) is 3. The van der Waals surface area contributed by atoms with Crippen molar-refractivity contribution in [1.82, 2.24) is 10.2 Å². The highest BCUT2D eigenvalue weighted by Gasteiger charge is 2.26. The molecule has 82 valence electrons. The van der Waals surface area contributed by atoms with Crippen LogP contribution in [0.15, 0.2) is 0 Å². The van der Waals surface area contributed by atoms with E-state index in [1.54, 1.807) is 0 Å². The number of hydrogen-bond donors (Lipinski definition) is 2. The van der Waals surface area contributed by atoms with Gasteiger partial charge in [0.15, 0.2) is 0 Å². The number of rotatable bonds is 1. The summed E-state index contributed by atoms with van der Waals surface area (Å²) < 4.78 is 0. The molecule has 0 amide bonds. The van der Waals surface area contributed by atoms with E-state index in [-0.39, 0.29) is 11.6 Å². The van der Waals surface area contributed by atoms with Crippen LogP contribution < -0.4 is 5.32 Å². The second-order valence-corrected chi connectivity index (χ2v) is 4.83. The molecule has 14 heavy (non-hydrogen) atoms. The first kappa shape index (κ1) is 11.5. The maximum absolute atomic E-state index is 10.8. The van der Waals surface area contributed by atoms with E-state index in [2.05, 4.69) is 31.0 Å². The summed E-state index contributed by atoms with van der Waals surface area (Å²) in [5, 5.41) is 11.9. The lowest BCUT2D eigenvalue weighted by Gasteiger charge is -2.34. The Hall–Kier alpha value is -0.610. The molecule has 1 rings (SSSR count). The van der Waals surface area contributed by atoms with E-state index in [4.69, 9.17) is 5.11 Å². The molecule has 1 fully saturated rings. The topological polar surface area (TPSA) is 52.6 Å².